The maximum absolute atomic E-state index is 12.9. The van der Waals surface area contributed by atoms with Crippen molar-refractivity contribution < 1.29 is 9.53 Å². The summed E-state index contributed by atoms with van der Waals surface area (Å²) >= 11 is 0. The summed E-state index contributed by atoms with van der Waals surface area (Å²) in [7, 11) is 1.68. The van der Waals surface area contributed by atoms with Crippen molar-refractivity contribution in [1.82, 2.24) is 9.78 Å². The van der Waals surface area contributed by atoms with Crippen LogP contribution in [0.4, 0.5) is 5.69 Å². The zero-order valence-corrected chi connectivity index (χ0v) is 15.1. The Morgan fingerprint density at radius 1 is 1.40 bits per heavy atom. The summed E-state index contributed by atoms with van der Waals surface area (Å²) in [6.07, 6.45) is 3.15. The van der Waals surface area contributed by atoms with Crippen LogP contribution >= 0.6 is 0 Å². The number of amides is 1. The second kappa shape index (κ2) is 5.99. The van der Waals surface area contributed by atoms with Crippen LogP contribution in [0, 0.1) is 19.8 Å². The van der Waals surface area contributed by atoms with E-state index >= 15 is 0 Å². The molecule has 2 aliphatic rings. The zero-order chi connectivity index (χ0) is 17.6. The maximum Gasteiger partial charge on any atom is 0.228 e. The van der Waals surface area contributed by atoms with Gasteiger partial charge in [-0.15, -0.1) is 0 Å². The molecule has 1 N–H and O–H groups in total. The number of hydrogen-bond acceptors (Lipinski definition) is 3. The van der Waals surface area contributed by atoms with Crippen LogP contribution < -0.4 is 5.32 Å². The zero-order valence-electron chi connectivity index (χ0n) is 15.1. The summed E-state index contributed by atoms with van der Waals surface area (Å²) in [5.74, 6) is 0.214. The van der Waals surface area contributed by atoms with Crippen molar-refractivity contribution in [1.29, 1.82) is 0 Å². The fourth-order valence-electron chi connectivity index (χ4n) is 4.42. The summed E-state index contributed by atoms with van der Waals surface area (Å²) < 4.78 is 7.03. The lowest BCUT2D eigenvalue weighted by atomic mass is 9.95. The van der Waals surface area contributed by atoms with E-state index in [1.165, 1.54) is 11.1 Å². The lowest BCUT2D eigenvalue weighted by Gasteiger charge is -2.12. The number of methoxy groups -OCH3 is 1. The molecule has 1 aromatic heterocycles. The number of carbonyl (C=O) groups is 1. The van der Waals surface area contributed by atoms with Gasteiger partial charge in [-0.3, -0.25) is 9.48 Å². The molecule has 0 unspecified atom stereocenters. The standard InChI is InChI=1S/C20H25N3O2/c1-13-18(14(2)23(22-13)10-11-25-3)21-19(24)17-12-20(17)9-8-15-6-4-5-7-16(15)20/h4-7,17H,8-12H2,1-3H3,(H,21,24)/t17-,20-/m0/s1. The summed E-state index contributed by atoms with van der Waals surface area (Å²) in [5, 5.41) is 7.68. The highest BCUT2D eigenvalue weighted by atomic mass is 16.5. The first-order valence-electron chi connectivity index (χ1n) is 8.99. The molecular formula is C20H25N3O2. The third-order valence-corrected chi connectivity index (χ3v) is 5.92. The first-order chi connectivity index (χ1) is 12.1. The number of aromatic nitrogens is 2. The van der Waals surface area contributed by atoms with Gasteiger partial charge in [0.25, 0.3) is 0 Å². The van der Waals surface area contributed by atoms with Crippen LogP contribution in [0.5, 0.6) is 0 Å². The molecule has 25 heavy (non-hydrogen) atoms. The number of rotatable bonds is 5. The molecule has 0 radical (unpaired) electrons. The van der Waals surface area contributed by atoms with Gasteiger partial charge in [0.1, 0.15) is 0 Å². The second-order valence-corrected chi connectivity index (χ2v) is 7.32. The Morgan fingerprint density at radius 2 is 2.20 bits per heavy atom. The van der Waals surface area contributed by atoms with Crippen molar-refractivity contribution in [3.63, 3.8) is 0 Å². The van der Waals surface area contributed by atoms with Gasteiger partial charge in [0.05, 0.1) is 30.2 Å². The van der Waals surface area contributed by atoms with E-state index in [-0.39, 0.29) is 17.2 Å². The van der Waals surface area contributed by atoms with Crippen LogP contribution in [0.15, 0.2) is 24.3 Å². The molecule has 1 heterocycles. The Bertz CT molecular complexity index is 826. The number of ether oxygens (including phenoxy) is 1. The van der Waals surface area contributed by atoms with Gasteiger partial charge in [-0.1, -0.05) is 24.3 Å². The number of carbonyl (C=O) groups excluding carboxylic acids is 1. The SMILES string of the molecule is COCCn1nc(C)c(NC(=O)[C@@H]2C[C@]23CCc2ccccc23)c1C. The molecule has 0 bridgehead atoms. The van der Waals surface area contributed by atoms with Gasteiger partial charge in [-0.25, -0.2) is 0 Å². The van der Waals surface area contributed by atoms with E-state index in [1.54, 1.807) is 7.11 Å². The lowest BCUT2D eigenvalue weighted by Crippen LogP contribution is -2.20. The average molecular weight is 339 g/mol. The molecule has 1 spiro atoms. The molecule has 1 fully saturated rings. The Hall–Kier alpha value is -2.14. The van der Waals surface area contributed by atoms with Gasteiger partial charge >= 0.3 is 0 Å². The first-order valence-corrected chi connectivity index (χ1v) is 8.99. The van der Waals surface area contributed by atoms with Gasteiger partial charge < -0.3 is 10.1 Å². The minimum absolute atomic E-state index is 0.0779. The molecule has 0 aliphatic heterocycles. The van der Waals surface area contributed by atoms with Crippen molar-refractivity contribution in [2.45, 2.75) is 45.1 Å². The van der Waals surface area contributed by atoms with E-state index in [2.05, 4.69) is 34.7 Å². The van der Waals surface area contributed by atoms with E-state index in [0.29, 0.717) is 13.2 Å². The predicted molar refractivity (Wildman–Crippen MR) is 96.8 cm³/mol. The monoisotopic (exact) mass is 339 g/mol. The van der Waals surface area contributed by atoms with Gasteiger partial charge in [-0.2, -0.15) is 5.10 Å². The van der Waals surface area contributed by atoms with Crippen LogP contribution in [-0.4, -0.2) is 29.4 Å². The minimum Gasteiger partial charge on any atom is -0.383 e. The van der Waals surface area contributed by atoms with Crippen LogP contribution in [-0.2, 0) is 27.9 Å². The molecule has 132 valence electrons. The molecule has 1 saturated carbocycles. The Balaban J connectivity index is 1.51. The van der Waals surface area contributed by atoms with Gasteiger partial charge in [0.15, 0.2) is 0 Å². The Morgan fingerprint density at radius 3 is 3.00 bits per heavy atom. The summed E-state index contributed by atoms with van der Waals surface area (Å²) in [4.78, 5) is 12.9. The number of nitrogens with zero attached hydrogens (tertiary/aromatic N) is 2. The molecule has 0 saturated heterocycles. The summed E-state index contributed by atoms with van der Waals surface area (Å²) in [6.45, 7) is 5.25. The topological polar surface area (TPSA) is 56.1 Å². The average Bonchev–Trinajstić information content (AvgIpc) is 3.15. The van der Waals surface area contributed by atoms with Crippen LogP contribution in [0.1, 0.15) is 35.4 Å². The predicted octanol–water partition coefficient (Wildman–Crippen LogP) is 2.99. The highest BCUT2D eigenvalue weighted by Gasteiger charge is 2.61. The molecule has 1 aromatic carbocycles. The third kappa shape index (κ3) is 2.58. The van der Waals surface area contributed by atoms with Crippen molar-refractivity contribution in [3.8, 4) is 0 Å². The Kier molecular flexibility index (Phi) is 3.91. The molecular weight excluding hydrogens is 314 g/mol. The molecule has 2 atom stereocenters. The molecule has 5 heteroatoms. The number of nitrogens with one attached hydrogen (secondary N) is 1. The highest BCUT2D eigenvalue weighted by molar-refractivity contribution is 5.97. The first kappa shape index (κ1) is 16.3. The number of anilines is 1. The molecule has 2 aliphatic carbocycles. The molecule has 4 rings (SSSR count). The van der Waals surface area contributed by atoms with E-state index in [1.807, 2.05) is 18.5 Å². The van der Waals surface area contributed by atoms with Gasteiger partial charge in [0.2, 0.25) is 5.91 Å². The maximum atomic E-state index is 12.9. The highest BCUT2D eigenvalue weighted by Crippen LogP contribution is 2.61. The molecule has 5 nitrogen and oxygen atoms in total. The van der Waals surface area contributed by atoms with Crippen molar-refractivity contribution in [2.75, 3.05) is 19.0 Å². The van der Waals surface area contributed by atoms with E-state index in [9.17, 15) is 4.79 Å². The summed E-state index contributed by atoms with van der Waals surface area (Å²) in [6, 6.07) is 8.59. The van der Waals surface area contributed by atoms with Crippen LogP contribution in [0.3, 0.4) is 0 Å². The van der Waals surface area contributed by atoms with Gasteiger partial charge in [-0.05, 0) is 44.2 Å². The quantitative estimate of drug-likeness (QED) is 0.911. The normalized spacial score (nSPS) is 23.7. The van der Waals surface area contributed by atoms with Crippen molar-refractivity contribution in [3.05, 3.63) is 46.8 Å². The van der Waals surface area contributed by atoms with Crippen molar-refractivity contribution >= 4 is 11.6 Å². The third-order valence-electron chi connectivity index (χ3n) is 5.92. The van der Waals surface area contributed by atoms with Crippen molar-refractivity contribution in [2.24, 2.45) is 5.92 Å². The van der Waals surface area contributed by atoms with E-state index in [4.69, 9.17) is 4.74 Å². The number of benzene rings is 1. The number of fused-ring (bicyclic) bond motifs is 2. The largest absolute Gasteiger partial charge is 0.383 e. The number of aryl methyl sites for hydroxylation is 2. The van der Waals surface area contributed by atoms with Crippen LogP contribution in [0.25, 0.3) is 0 Å². The van der Waals surface area contributed by atoms with E-state index in [0.717, 1.165) is 36.3 Å². The number of hydrogen-bond donors (Lipinski definition) is 1. The minimum atomic E-state index is 0.0779. The fraction of sp³-hybridized carbons (Fsp3) is 0.500. The van der Waals surface area contributed by atoms with E-state index < -0.39 is 0 Å². The second-order valence-electron chi connectivity index (χ2n) is 7.32. The summed E-state index contributed by atoms with van der Waals surface area (Å²) in [5.41, 5.74) is 5.59. The fourth-order valence-corrected chi connectivity index (χ4v) is 4.42. The lowest BCUT2D eigenvalue weighted by molar-refractivity contribution is -0.117. The Labute approximate surface area is 148 Å². The van der Waals surface area contributed by atoms with Crippen LogP contribution in [0.2, 0.25) is 0 Å². The molecule has 2 aromatic rings. The van der Waals surface area contributed by atoms with Gasteiger partial charge in [0, 0.05) is 18.4 Å². The smallest absolute Gasteiger partial charge is 0.228 e. The molecule has 1 amide bonds.